The molecule has 0 aromatic rings. The third kappa shape index (κ3) is 1.95. The Morgan fingerprint density at radius 3 is 2.45 bits per heavy atom. The lowest BCUT2D eigenvalue weighted by Crippen LogP contribution is -2.70. The Morgan fingerprint density at radius 1 is 1.10 bits per heavy atom. The van der Waals surface area contributed by atoms with Crippen molar-refractivity contribution in [2.75, 3.05) is 6.54 Å². The number of hydrogen-bond acceptors (Lipinski definition) is 2. The van der Waals surface area contributed by atoms with E-state index in [9.17, 15) is 9.59 Å². The molecule has 3 aliphatic rings. The first kappa shape index (κ1) is 13.9. The van der Waals surface area contributed by atoms with Crippen molar-refractivity contribution in [1.29, 1.82) is 0 Å². The average Bonchev–Trinajstić information content (AvgIpc) is 2.90. The van der Waals surface area contributed by atoms with Gasteiger partial charge in [-0.3, -0.25) is 9.59 Å². The molecule has 20 heavy (non-hydrogen) atoms. The molecule has 4 nitrogen and oxygen atoms in total. The van der Waals surface area contributed by atoms with Gasteiger partial charge >= 0.3 is 0 Å². The highest BCUT2D eigenvalue weighted by atomic mass is 16.2. The van der Waals surface area contributed by atoms with Gasteiger partial charge in [0.1, 0.15) is 12.1 Å². The Bertz CT molecular complexity index is 415. The molecule has 0 bridgehead atoms. The van der Waals surface area contributed by atoms with Gasteiger partial charge in [-0.2, -0.15) is 0 Å². The largest absolute Gasteiger partial charge is 0.329 e. The Hall–Kier alpha value is -1.06. The van der Waals surface area contributed by atoms with Crippen LogP contribution in [0.5, 0.6) is 0 Å². The van der Waals surface area contributed by atoms with E-state index < -0.39 is 0 Å². The number of carbonyl (C=O) groups excluding carboxylic acids is 2. The number of nitrogens with zero attached hydrogens (tertiary/aromatic N) is 2. The number of hydrogen-bond donors (Lipinski definition) is 0. The summed E-state index contributed by atoms with van der Waals surface area (Å²) in [6, 6.07) is -0.392. The van der Waals surface area contributed by atoms with Crippen LogP contribution in [0.1, 0.15) is 65.2 Å². The van der Waals surface area contributed by atoms with Crippen LogP contribution in [0, 0.1) is 0 Å². The molecule has 3 fully saturated rings. The van der Waals surface area contributed by atoms with Gasteiger partial charge in [0.2, 0.25) is 11.8 Å². The van der Waals surface area contributed by atoms with Crippen LogP contribution >= 0.6 is 0 Å². The lowest BCUT2D eigenvalue weighted by atomic mass is 9.87. The van der Waals surface area contributed by atoms with Crippen molar-refractivity contribution < 1.29 is 9.59 Å². The first-order valence-electron chi connectivity index (χ1n) is 8.22. The van der Waals surface area contributed by atoms with Gasteiger partial charge in [-0.25, -0.2) is 0 Å². The molecule has 2 heterocycles. The molecule has 2 saturated heterocycles. The van der Waals surface area contributed by atoms with Gasteiger partial charge in [-0.05, 0) is 45.4 Å². The Labute approximate surface area is 121 Å². The number of piperazine rings is 1. The zero-order valence-electron chi connectivity index (χ0n) is 12.7. The predicted octanol–water partition coefficient (Wildman–Crippen LogP) is 2.32. The van der Waals surface area contributed by atoms with Crippen molar-refractivity contribution in [2.45, 2.75) is 82.8 Å². The van der Waals surface area contributed by atoms with Crippen LogP contribution in [0.15, 0.2) is 0 Å². The van der Waals surface area contributed by atoms with E-state index in [4.69, 9.17) is 0 Å². The lowest BCUT2D eigenvalue weighted by Gasteiger charge is -2.52. The van der Waals surface area contributed by atoms with E-state index in [1.165, 1.54) is 12.8 Å². The van der Waals surface area contributed by atoms with E-state index in [0.29, 0.717) is 0 Å². The van der Waals surface area contributed by atoms with Crippen molar-refractivity contribution in [2.24, 2.45) is 0 Å². The van der Waals surface area contributed by atoms with Crippen molar-refractivity contribution in [3.63, 3.8) is 0 Å². The number of rotatable bonds is 2. The quantitative estimate of drug-likeness (QED) is 0.778. The fourth-order valence-electron chi connectivity index (χ4n) is 4.45. The summed E-state index contributed by atoms with van der Waals surface area (Å²) in [7, 11) is 0. The minimum atomic E-state index is -0.222. The summed E-state index contributed by atoms with van der Waals surface area (Å²) in [5.41, 5.74) is -0.0864. The monoisotopic (exact) mass is 278 g/mol. The van der Waals surface area contributed by atoms with Gasteiger partial charge in [0.05, 0.1) is 0 Å². The van der Waals surface area contributed by atoms with Crippen LogP contribution in [0.3, 0.4) is 0 Å². The smallest absolute Gasteiger partial charge is 0.246 e. The van der Waals surface area contributed by atoms with Crippen LogP contribution in [0.25, 0.3) is 0 Å². The molecule has 0 spiro atoms. The highest BCUT2D eigenvalue weighted by molar-refractivity contribution is 5.97. The van der Waals surface area contributed by atoms with Crippen molar-refractivity contribution in [3.05, 3.63) is 0 Å². The summed E-state index contributed by atoms with van der Waals surface area (Å²) in [6.07, 6.45) is 8.17. The maximum Gasteiger partial charge on any atom is 0.246 e. The number of piperidine rings is 1. The molecule has 2 atom stereocenters. The van der Waals surface area contributed by atoms with Gasteiger partial charge in [0.15, 0.2) is 0 Å². The first-order valence-corrected chi connectivity index (χ1v) is 8.22. The number of carbonyl (C=O) groups is 2. The maximum atomic E-state index is 13.0. The predicted molar refractivity (Wildman–Crippen MR) is 77.2 cm³/mol. The second-order valence-corrected chi connectivity index (χ2v) is 6.88. The molecule has 3 rings (SSSR count). The summed E-state index contributed by atoms with van der Waals surface area (Å²) in [4.78, 5) is 29.6. The van der Waals surface area contributed by atoms with Crippen LogP contribution < -0.4 is 0 Å². The van der Waals surface area contributed by atoms with Crippen molar-refractivity contribution in [3.8, 4) is 0 Å². The third-order valence-electron chi connectivity index (χ3n) is 5.55. The summed E-state index contributed by atoms with van der Waals surface area (Å²) in [5, 5.41) is 0. The summed E-state index contributed by atoms with van der Waals surface area (Å²) in [5.74, 6) is 0.422. The van der Waals surface area contributed by atoms with Gasteiger partial charge in [0.25, 0.3) is 0 Å². The molecule has 0 aromatic heterocycles. The van der Waals surface area contributed by atoms with Crippen LogP contribution in [-0.4, -0.2) is 45.8 Å². The number of amides is 2. The van der Waals surface area contributed by atoms with Gasteiger partial charge < -0.3 is 9.80 Å². The Morgan fingerprint density at radius 2 is 1.80 bits per heavy atom. The molecule has 1 saturated carbocycles. The second kappa shape index (κ2) is 5.05. The van der Waals surface area contributed by atoms with Crippen LogP contribution in [0.4, 0.5) is 0 Å². The number of fused-ring (bicyclic) bond motifs is 1. The van der Waals surface area contributed by atoms with Crippen molar-refractivity contribution in [1.82, 2.24) is 9.80 Å². The SMILES string of the molecule is CCC1C(=O)N2CCCCC2C(=O)N1C1(C)CCCC1. The minimum Gasteiger partial charge on any atom is -0.329 e. The molecular formula is C16H26N2O2. The molecule has 1 aliphatic carbocycles. The molecule has 2 amide bonds. The Balaban J connectivity index is 1.94. The van der Waals surface area contributed by atoms with Crippen LogP contribution in [0.2, 0.25) is 0 Å². The van der Waals surface area contributed by atoms with Crippen LogP contribution in [-0.2, 0) is 9.59 Å². The molecule has 0 radical (unpaired) electrons. The summed E-state index contributed by atoms with van der Waals surface area (Å²) in [6.45, 7) is 4.99. The molecule has 4 heteroatoms. The van der Waals surface area contributed by atoms with Gasteiger partial charge in [-0.15, -0.1) is 0 Å². The van der Waals surface area contributed by atoms with E-state index in [-0.39, 0.29) is 29.4 Å². The second-order valence-electron chi connectivity index (χ2n) is 6.88. The highest BCUT2D eigenvalue weighted by Gasteiger charge is 2.52. The maximum absolute atomic E-state index is 13.0. The highest BCUT2D eigenvalue weighted by Crippen LogP contribution is 2.40. The first-order chi connectivity index (χ1) is 9.58. The van der Waals surface area contributed by atoms with E-state index in [0.717, 1.165) is 45.1 Å². The fourth-order valence-corrected chi connectivity index (χ4v) is 4.45. The zero-order chi connectivity index (χ0) is 14.3. The standard InChI is InChI=1S/C16H26N2O2/c1-3-12-14(19)17-11-7-4-8-13(17)15(20)18(12)16(2)9-5-6-10-16/h12-13H,3-11H2,1-2H3. The average molecular weight is 278 g/mol. The van der Waals surface area contributed by atoms with Gasteiger partial charge in [-0.1, -0.05) is 19.8 Å². The molecule has 2 unspecified atom stereocenters. The fraction of sp³-hybridized carbons (Fsp3) is 0.875. The molecule has 0 N–H and O–H groups in total. The summed E-state index contributed by atoms with van der Waals surface area (Å²) < 4.78 is 0. The van der Waals surface area contributed by atoms with E-state index in [1.54, 1.807) is 0 Å². The zero-order valence-corrected chi connectivity index (χ0v) is 12.7. The molecule has 2 aliphatic heterocycles. The molecular weight excluding hydrogens is 252 g/mol. The normalized spacial score (nSPS) is 33.5. The van der Waals surface area contributed by atoms with E-state index in [2.05, 4.69) is 6.92 Å². The van der Waals surface area contributed by atoms with E-state index in [1.807, 2.05) is 16.7 Å². The molecule has 0 aromatic carbocycles. The lowest BCUT2D eigenvalue weighted by molar-refractivity contribution is -0.170. The minimum absolute atomic E-state index is 0.0864. The van der Waals surface area contributed by atoms with E-state index >= 15 is 0 Å². The van der Waals surface area contributed by atoms with Gasteiger partial charge in [0, 0.05) is 12.1 Å². The van der Waals surface area contributed by atoms with Crippen molar-refractivity contribution >= 4 is 11.8 Å². The Kier molecular flexibility index (Phi) is 3.51. The topological polar surface area (TPSA) is 40.6 Å². The summed E-state index contributed by atoms with van der Waals surface area (Å²) >= 11 is 0. The third-order valence-corrected chi connectivity index (χ3v) is 5.55. The molecule has 112 valence electrons.